The fourth-order valence-electron chi connectivity index (χ4n) is 1.25. The molecule has 3 heteroatoms. The van der Waals surface area contributed by atoms with Crippen molar-refractivity contribution < 1.29 is 4.79 Å². The van der Waals surface area contributed by atoms with Crippen LogP contribution in [0.5, 0.6) is 0 Å². The van der Waals surface area contributed by atoms with Crippen molar-refractivity contribution in [3.63, 3.8) is 0 Å². The van der Waals surface area contributed by atoms with Crippen LogP contribution in [0.15, 0.2) is 0 Å². The van der Waals surface area contributed by atoms with Crippen molar-refractivity contribution in [3.8, 4) is 0 Å². The standard InChI is InChI=1S/C7H14N2O/c1-5(8)6-3-7(10)9(2)4-6/h5-6H,3-4,8H2,1-2H3. The maximum absolute atomic E-state index is 11.0. The van der Waals surface area contributed by atoms with Crippen molar-refractivity contribution in [2.45, 2.75) is 19.4 Å². The molecule has 1 aliphatic heterocycles. The summed E-state index contributed by atoms with van der Waals surface area (Å²) >= 11 is 0. The largest absolute Gasteiger partial charge is 0.345 e. The van der Waals surface area contributed by atoms with E-state index in [-0.39, 0.29) is 11.9 Å². The second kappa shape index (κ2) is 2.58. The van der Waals surface area contributed by atoms with E-state index in [4.69, 9.17) is 5.73 Å². The summed E-state index contributed by atoms with van der Waals surface area (Å²) in [5, 5.41) is 0. The van der Waals surface area contributed by atoms with E-state index in [2.05, 4.69) is 0 Å². The summed E-state index contributed by atoms with van der Waals surface area (Å²) in [4.78, 5) is 12.7. The highest BCUT2D eigenvalue weighted by atomic mass is 16.2. The van der Waals surface area contributed by atoms with Crippen molar-refractivity contribution in [1.82, 2.24) is 4.90 Å². The smallest absolute Gasteiger partial charge is 0.222 e. The molecule has 0 bridgehead atoms. The summed E-state index contributed by atoms with van der Waals surface area (Å²) in [6, 6.07) is 0.147. The molecule has 0 aliphatic carbocycles. The van der Waals surface area contributed by atoms with Crippen LogP contribution in [0.1, 0.15) is 13.3 Å². The number of likely N-dealkylation sites (tertiary alicyclic amines) is 1. The van der Waals surface area contributed by atoms with Gasteiger partial charge in [-0.15, -0.1) is 0 Å². The van der Waals surface area contributed by atoms with Crippen LogP contribution in [-0.4, -0.2) is 30.4 Å². The molecule has 2 unspecified atom stereocenters. The summed E-state index contributed by atoms with van der Waals surface area (Å²) in [5.74, 6) is 0.597. The first-order valence-electron chi connectivity index (χ1n) is 3.61. The predicted molar refractivity (Wildman–Crippen MR) is 39.4 cm³/mol. The van der Waals surface area contributed by atoms with Gasteiger partial charge in [-0.25, -0.2) is 0 Å². The lowest BCUT2D eigenvalue weighted by Gasteiger charge is -2.12. The van der Waals surface area contributed by atoms with Crippen LogP contribution in [0.4, 0.5) is 0 Å². The predicted octanol–water partition coefficient (Wildman–Crippen LogP) is -0.188. The van der Waals surface area contributed by atoms with E-state index in [9.17, 15) is 4.79 Å². The fraction of sp³-hybridized carbons (Fsp3) is 0.857. The van der Waals surface area contributed by atoms with Gasteiger partial charge in [-0.2, -0.15) is 0 Å². The second-order valence-corrected chi connectivity index (χ2v) is 3.10. The molecule has 2 N–H and O–H groups in total. The molecule has 1 amide bonds. The van der Waals surface area contributed by atoms with Gasteiger partial charge in [0.15, 0.2) is 0 Å². The zero-order chi connectivity index (χ0) is 7.72. The molecule has 1 aliphatic rings. The Balaban J connectivity index is 2.49. The van der Waals surface area contributed by atoms with Gasteiger partial charge in [-0.1, -0.05) is 0 Å². The molecule has 1 fully saturated rings. The molecule has 0 saturated carbocycles. The third kappa shape index (κ3) is 1.29. The summed E-state index contributed by atoms with van der Waals surface area (Å²) < 4.78 is 0. The Morgan fingerprint density at radius 3 is 2.60 bits per heavy atom. The number of carbonyl (C=O) groups is 1. The molecule has 0 aromatic rings. The van der Waals surface area contributed by atoms with E-state index < -0.39 is 0 Å². The average Bonchev–Trinajstić information content (AvgIpc) is 2.13. The van der Waals surface area contributed by atoms with Crippen molar-refractivity contribution in [3.05, 3.63) is 0 Å². The number of rotatable bonds is 1. The quantitative estimate of drug-likeness (QED) is 0.551. The molecule has 1 saturated heterocycles. The Morgan fingerprint density at radius 1 is 1.80 bits per heavy atom. The van der Waals surface area contributed by atoms with Gasteiger partial charge in [-0.3, -0.25) is 4.79 Å². The molecule has 10 heavy (non-hydrogen) atoms. The van der Waals surface area contributed by atoms with Crippen LogP contribution >= 0.6 is 0 Å². The lowest BCUT2D eigenvalue weighted by molar-refractivity contribution is -0.126. The normalized spacial score (nSPS) is 29.3. The minimum absolute atomic E-state index is 0.147. The highest BCUT2D eigenvalue weighted by Gasteiger charge is 2.28. The molecule has 1 heterocycles. The minimum atomic E-state index is 0.147. The maximum atomic E-state index is 11.0. The highest BCUT2D eigenvalue weighted by Crippen LogP contribution is 2.17. The summed E-state index contributed by atoms with van der Waals surface area (Å²) in [6.07, 6.45) is 0.633. The molecule has 2 atom stereocenters. The first-order chi connectivity index (χ1) is 4.61. The third-order valence-electron chi connectivity index (χ3n) is 2.11. The Hall–Kier alpha value is -0.570. The van der Waals surface area contributed by atoms with Gasteiger partial charge in [-0.05, 0) is 6.92 Å². The van der Waals surface area contributed by atoms with Gasteiger partial charge >= 0.3 is 0 Å². The van der Waals surface area contributed by atoms with Gasteiger partial charge in [0.2, 0.25) is 5.91 Å². The van der Waals surface area contributed by atoms with E-state index in [0.29, 0.717) is 12.3 Å². The molecular formula is C7H14N2O. The van der Waals surface area contributed by atoms with Gasteiger partial charge in [0, 0.05) is 32.0 Å². The molecule has 0 radical (unpaired) electrons. The minimum Gasteiger partial charge on any atom is -0.345 e. The van der Waals surface area contributed by atoms with Gasteiger partial charge < -0.3 is 10.6 Å². The number of hydrogen-bond donors (Lipinski definition) is 1. The Labute approximate surface area is 61.2 Å². The third-order valence-corrected chi connectivity index (χ3v) is 2.11. The molecule has 3 nitrogen and oxygen atoms in total. The number of nitrogens with zero attached hydrogens (tertiary/aromatic N) is 1. The molecule has 1 rings (SSSR count). The summed E-state index contributed by atoms with van der Waals surface area (Å²) in [5.41, 5.74) is 5.64. The van der Waals surface area contributed by atoms with Crippen molar-refractivity contribution in [2.75, 3.05) is 13.6 Å². The second-order valence-electron chi connectivity index (χ2n) is 3.10. The monoisotopic (exact) mass is 142 g/mol. The van der Waals surface area contributed by atoms with Crippen molar-refractivity contribution in [1.29, 1.82) is 0 Å². The van der Waals surface area contributed by atoms with Crippen LogP contribution in [-0.2, 0) is 4.79 Å². The van der Waals surface area contributed by atoms with E-state index in [1.165, 1.54) is 0 Å². The highest BCUT2D eigenvalue weighted by molar-refractivity contribution is 5.78. The van der Waals surface area contributed by atoms with E-state index in [0.717, 1.165) is 6.54 Å². The number of amides is 1. The SMILES string of the molecule is CC(N)C1CC(=O)N(C)C1. The Kier molecular flexibility index (Phi) is 1.94. The lowest BCUT2D eigenvalue weighted by Crippen LogP contribution is -2.28. The van der Waals surface area contributed by atoms with Crippen LogP contribution < -0.4 is 5.73 Å². The van der Waals surface area contributed by atoms with Gasteiger partial charge in [0.1, 0.15) is 0 Å². The van der Waals surface area contributed by atoms with Gasteiger partial charge in [0.25, 0.3) is 0 Å². The van der Waals surface area contributed by atoms with Crippen LogP contribution in [0, 0.1) is 5.92 Å². The maximum Gasteiger partial charge on any atom is 0.222 e. The molecule has 0 spiro atoms. The van der Waals surface area contributed by atoms with E-state index in [1.54, 1.807) is 4.90 Å². The number of hydrogen-bond acceptors (Lipinski definition) is 2. The summed E-state index contributed by atoms with van der Waals surface area (Å²) in [6.45, 7) is 2.79. The van der Waals surface area contributed by atoms with Crippen molar-refractivity contribution in [2.24, 2.45) is 11.7 Å². The molecule has 0 aromatic heterocycles. The zero-order valence-corrected chi connectivity index (χ0v) is 6.50. The van der Waals surface area contributed by atoms with E-state index in [1.807, 2.05) is 14.0 Å². The lowest BCUT2D eigenvalue weighted by atomic mass is 10.0. The van der Waals surface area contributed by atoms with E-state index >= 15 is 0 Å². The first-order valence-corrected chi connectivity index (χ1v) is 3.61. The Bertz CT molecular complexity index is 145. The topological polar surface area (TPSA) is 46.3 Å². The zero-order valence-electron chi connectivity index (χ0n) is 6.50. The Morgan fingerprint density at radius 2 is 2.40 bits per heavy atom. The van der Waals surface area contributed by atoms with Gasteiger partial charge in [0.05, 0.1) is 0 Å². The molecule has 0 aromatic carbocycles. The number of carbonyl (C=O) groups excluding carboxylic acids is 1. The first kappa shape index (κ1) is 7.54. The van der Waals surface area contributed by atoms with Crippen molar-refractivity contribution >= 4 is 5.91 Å². The summed E-state index contributed by atoms with van der Waals surface area (Å²) in [7, 11) is 1.82. The van der Waals surface area contributed by atoms with Crippen LogP contribution in [0.2, 0.25) is 0 Å². The van der Waals surface area contributed by atoms with Crippen LogP contribution in [0.25, 0.3) is 0 Å². The fourth-order valence-corrected chi connectivity index (χ4v) is 1.25. The van der Waals surface area contributed by atoms with Crippen LogP contribution in [0.3, 0.4) is 0 Å². The average molecular weight is 142 g/mol. The number of nitrogens with two attached hydrogens (primary N) is 1. The molecular weight excluding hydrogens is 128 g/mol. The molecule has 58 valence electrons.